The Labute approximate surface area is 117 Å². The lowest BCUT2D eigenvalue weighted by molar-refractivity contribution is -0.128. The number of likely N-dealkylation sites (N-methyl/N-ethyl adjacent to an activating group) is 1. The third kappa shape index (κ3) is 4.24. The zero-order chi connectivity index (χ0) is 16.0. The van der Waals surface area contributed by atoms with Crippen molar-refractivity contribution in [3.63, 3.8) is 0 Å². The molecule has 1 aliphatic rings. The van der Waals surface area contributed by atoms with E-state index in [0.29, 0.717) is 30.5 Å². The van der Waals surface area contributed by atoms with Crippen LogP contribution in [0, 0.1) is 11.8 Å². The lowest BCUT2D eigenvalue weighted by Gasteiger charge is -2.37. The van der Waals surface area contributed by atoms with Crippen LogP contribution in [0.25, 0.3) is 0 Å². The molecule has 1 fully saturated rings. The van der Waals surface area contributed by atoms with Gasteiger partial charge in [0.05, 0.1) is 6.04 Å². The number of nitrogens with zero attached hydrogens (tertiary/aromatic N) is 1. The molecule has 0 saturated carbocycles. The predicted octanol–water partition coefficient (Wildman–Crippen LogP) is 3.67. The Morgan fingerprint density at radius 2 is 2.28 bits per heavy atom. The molecule has 2 nitrogen and oxygen atoms in total. The molecule has 0 radical (unpaired) electrons. The SMILES string of the molecule is [2H]C([2H])([2H])CCC=CC[C@@H](C)C(C)[C@H]1C(=O)CCCN1C. The van der Waals surface area contributed by atoms with Crippen LogP contribution in [-0.2, 0) is 4.79 Å². The Balaban J connectivity index is 2.41. The minimum atomic E-state index is -1.83. The van der Waals surface area contributed by atoms with E-state index in [9.17, 15) is 4.79 Å². The highest BCUT2D eigenvalue weighted by molar-refractivity contribution is 5.85. The van der Waals surface area contributed by atoms with Crippen LogP contribution in [0.15, 0.2) is 12.2 Å². The number of rotatable bonds is 6. The molecule has 104 valence electrons. The fourth-order valence-corrected chi connectivity index (χ4v) is 2.77. The van der Waals surface area contributed by atoms with Crippen molar-refractivity contribution >= 4 is 5.78 Å². The van der Waals surface area contributed by atoms with Gasteiger partial charge in [-0.2, -0.15) is 0 Å². The average molecular weight is 254 g/mol. The number of carbonyl (C=O) groups is 1. The number of hydrogen-bond donors (Lipinski definition) is 0. The minimum absolute atomic E-state index is 0.0459. The smallest absolute Gasteiger partial charge is 0.150 e. The molecule has 18 heavy (non-hydrogen) atoms. The van der Waals surface area contributed by atoms with Crippen LogP contribution in [-0.4, -0.2) is 30.3 Å². The maximum atomic E-state index is 12.1. The fraction of sp³-hybridized carbons (Fsp3) is 0.812. The average Bonchev–Trinajstić information content (AvgIpc) is 2.36. The van der Waals surface area contributed by atoms with Gasteiger partial charge in [0.2, 0.25) is 0 Å². The molecular weight excluding hydrogens is 222 g/mol. The molecule has 0 amide bonds. The molecule has 0 aliphatic carbocycles. The van der Waals surface area contributed by atoms with Gasteiger partial charge in [-0.3, -0.25) is 9.69 Å². The molecule has 0 bridgehead atoms. The Hall–Kier alpha value is -0.630. The summed E-state index contributed by atoms with van der Waals surface area (Å²) in [5.74, 6) is 1.12. The van der Waals surface area contributed by atoms with Crippen LogP contribution in [0.3, 0.4) is 0 Å². The van der Waals surface area contributed by atoms with E-state index in [1.807, 2.05) is 13.1 Å². The van der Waals surface area contributed by atoms with Gasteiger partial charge in [0.1, 0.15) is 5.78 Å². The van der Waals surface area contributed by atoms with Crippen molar-refractivity contribution in [3.05, 3.63) is 12.2 Å². The zero-order valence-electron chi connectivity index (χ0n) is 15.0. The maximum Gasteiger partial charge on any atom is 0.150 e. The maximum absolute atomic E-state index is 12.1. The first-order chi connectivity index (χ1) is 9.72. The topological polar surface area (TPSA) is 20.3 Å². The summed E-state index contributed by atoms with van der Waals surface area (Å²) < 4.78 is 21.5. The van der Waals surface area contributed by atoms with E-state index in [4.69, 9.17) is 4.11 Å². The number of Topliss-reactive ketones (excluding diaryl/α,β-unsaturated/α-hetero) is 1. The fourth-order valence-electron chi connectivity index (χ4n) is 2.77. The second kappa shape index (κ2) is 7.73. The molecular formula is C16H29NO. The van der Waals surface area contributed by atoms with Gasteiger partial charge in [0.15, 0.2) is 0 Å². The van der Waals surface area contributed by atoms with Crippen molar-refractivity contribution in [3.8, 4) is 0 Å². The van der Waals surface area contributed by atoms with Gasteiger partial charge >= 0.3 is 0 Å². The lowest BCUT2D eigenvalue weighted by atomic mass is 9.81. The molecule has 3 atom stereocenters. The van der Waals surface area contributed by atoms with Crippen LogP contribution in [0.4, 0.5) is 0 Å². The summed E-state index contributed by atoms with van der Waals surface area (Å²) in [6.45, 7) is 3.50. The summed E-state index contributed by atoms with van der Waals surface area (Å²) in [5, 5.41) is 0. The van der Waals surface area contributed by atoms with Gasteiger partial charge in [-0.1, -0.05) is 39.3 Å². The third-order valence-electron chi connectivity index (χ3n) is 4.12. The normalized spacial score (nSPS) is 28.7. The van der Waals surface area contributed by atoms with Gasteiger partial charge in [-0.15, -0.1) is 0 Å². The van der Waals surface area contributed by atoms with Gasteiger partial charge in [0, 0.05) is 10.5 Å². The number of carbonyl (C=O) groups excluding carboxylic acids is 1. The number of hydrogen-bond acceptors (Lipinski definition) is 2. The first kappa shape index (κ1) is 11.2. The first-order valence-electron chi connectivity index (χ1n) is 8.60. The Kier molecular flexibility index (Phi) is 4.82. The van der Waals surface area contributed by atoms with E-state index in [1.54, 1.807) is 0 Å². The Morgan fingerprint density at radius 3 is 2.94 bits per heavy atom. The van der Waals surface area contributed by atoms with Crippen molar-refractivity contribution in [1.29, 1.82) is 0 Å². The Morgan fingerprint density at radius 1 is 1.50 bits per heavy atom. The number of likely N-dealkylation sites (tertiary alicyclic amines) is 1. The van der Waals surface area contributed by atoms with E-state index < -0.39 is 6.85 Å². The Bertz CT molecular complexity index is 365. The van der Waals surface area contributed by atoms with E-state index in [-0.39, 0.29) is 12.5 Å². The van der Waals surface area contributed by atoms with Gasteiger partial charge in [-0.25, -0.2) is 0 Å². The van der Waals surface area contributed by atoms with Crippen LogP contribution < -0.4 is 0 Å². The van der Waals surface area contributed by atoms with Gasteiger partial charge in [0.25, 0.3) is 0 Å². The van der Waals surface area contributed by atoms with E-state index in [2.05, 4.69) is 24.8 Å². The summed E-state index contributed by atoms with van der Waals surface area (Å²) in [6, 6.07) is 0.0459. The first-order valence-corrected chi connectivity index (χ1v) is 7.10. The number of ketones is 1. The standard InChI is InChI=1S/C16H29NO/c1-5-6-7-8-10-13(2)14(3)16-15(18)11-9-12-17(16)4/h7-8,13-14,16H,5-6,9-12H2,1-4H3/t13-,14?,16+/m1/s1/i1D3. The van der Waals surface area contributed by atoms with Crippen LogP contribution in [0.1, 0.15) is 56.9 Å². The minimum Gasteiger partial charge on any atom is -0.298 e. The second-order valence-electron chi connectivity index (χ2n) is 5.58. The third-order valence-corrected chi connectivity index (χ3v) is 4.12. The molecule has 0 spiro atoms. The van der Waals surface area contributed by atoms with Crippen molar-refractivity contribution in [2.45, 2.75) is 58.8 Å². The highest BCUT2D eigenvalue weighted by Crippen LogP contribution is 2.26. The predicted molar refractivity (Wildman–Crippen MR) is 77.7 cm³/mol. The molecule has 1 unspecified atom stereocenters. The van der Waals surface area contributed by atoms with Crippen molar-refractivity contribution < 1.29 is 8.91 Å². The van der Waals surface area contributed by atoms with Crippen molar-refractivity contribution in [2.75, 3.05) is 13.6 Å². The molecule has 0 aromatic carbocycles. The summed E-state index contributed by atoms with van der Waals surface area (Å²) >= 11 is 0. The highest BCUT2D eigenvalue weighted by atomic mass is 16.1. The molecule has 1 heterocycles. The monoisotopic (exact) mass is 254 g/mol. The summed E-state index contributed by atoms with van der Waals surface area (Å²) in [4.78, 5) is 14.3. The second-order valence-corrected chi connectivity index (χ2v) is 5.58. The highest BCUT2D eigenvalue weighted by Gasteiger charge is 2.33. The van der Waals surface area contributed by atoms with Crippen LogP contribution in [0.2, 0.25) is 0 Å². The largest absolute Gasteiger partial charge is 0.298 e. The molecule has 1 rings (SSSR count). The quantitative estimate of drug-likeness (QED) is 0.674. The van der Waals surface area contributed by atoms with E-state index in [1.165, 1.54) is 0 Å². The summed E-state index contributed by atoms with van der Waals surface area (Å²) in [6.07, 6.45) is 7.45. The lowest BCUT2D eigenvalue weighted by Crippen LogP contribution is -2.48. The summed E-state index contributed by atoms with van der Waals surface area (Å²) in [5.41, 5.74) is 0. The molecule has 2 heteroatoms. The molecule has 0 N–H and O–H groups in total. The van der Waals surface area contributed by atoms with Gasteiger partial charge in [-0.05, 0) is 44.7 Å². The molecule has 0 aromatic rings. The molecule has 0 aromatic heterocycles. The number of allylic oxidation sites excluding steroid dienone is 2. The molecule has 1 saturated heterocycles. The van der Waals surface area contributed by atoms with Crippen LogP contribution in [0.5, 0.6) is 0 Å². The van der Waals surface area contributed by atoms with E-state index in [0.717, 1.165) is 19.4 Å². The van der Waals surface area contributed by atoms with Gasteiger partial charge < -0.3 is 0 Å². The molecule has 1 aliphatic heterocycles. The number of piperidine rings is 1. The van der Waals surface area contributed by atoms with Crippen LogP contribution >= 0.6 is 0 Å². The van der Waals surface area contributed by atoms with Crippen molar-refractivity contribution in [1.82, 2.24) is 4.90 Å². The summed E-state index contributed by atoms with van der Waals surface area (Å²) in [7, 11) is 2.04. The van der Waals surface area contributed by atoms with E-state index >= 15 is 0 Å². The van der Waals surface area contributed by atoms with Crippen molar-refractivity contribution in [2.24, 2.45) is 11.8 Å². The zero-order valence-corrected chi connectivity index (χ0v) is 12.0.